The van der Waals surface area contributed by atoms with Gasteiger partial charge in [0, 0.05) is 32.1 Å². The summed E-state index contributed by atoms with van der Waals surface area (Å²) in [7, 11) is 3.65. The fraction of sp³-hybridized carbons (Fsp3) is 0.364. The Morgan fingerprint density at radius 1 is 1.19 bits per heavy atom. The molecule has 1 aliphatic carbocycles. The summed E-state index contributed by atoms with van der Waals surface area (Å²) >= 11 is 0. The Bertz CT molecular complexity index is 1300. The van der Waals surface area contributed by atoms with Crippen molar-refractivity contribution < 1.29 is 9.18 Å². The SMILES string of the molecule is Cn1cc(-c2cc(F)cc(CNC(=O)c3ncnc4nc(C5CCCC5)n(C)c34)c2)nn1. The number of halogens is 1. The lowest BCUT2D eigenvalue weighted by Crippen LogP contribution is -2.25. The number of fused-ring (bicyclic) bond motifs is 1. The van der Waals surface area contributed by atoms with Crippen LogP contribution >= 0.6 is 0 Å². The maximum absolute atomic E-state index is 14.2. The van der Waals surface area contributed by atoms with E-state index in [2.05, 4.69) is 30.6 Å². The predicted octanol–water partition coefficient (Wildman–Crippen LogP) is 2.89. The van der Waals surface area contributed by atoms with E-state index in [1.165, 1.54) is 31.3 Å². The first-order chi connectivity index (χ1) is 15.5. The van der Waals surface area contributed by atoms with Crippen molar-refractivity contribution in [2.75, 3.05) is 0 Å². The van der Waals surface area contributed by atoms with Crippen LogP contribution in [0.5, 0.6) is 0 Å². The molecule has 0 radical (unpaired) electrons. The second-order valence-electron chi connectivity index (χ2n) is 8.21. The molecule has 1 aliphatic rings. The molecule has 0 atom stereocenters. The molecule has 1 amide bonds. The Labute approximate surface area is 183 Å². The number of nitrogens with one attached hydrogen (secondary N) is 1. The molecule has 0 unspecified atom stereocenters. The minimum absolute atomic E-state index is 0.142. The molecule has 164 valence electrons. The minimum Gasteiger partial charge on any atom is -0.347 e. The Balaban J connectivity index is 1.39. The summed E-state index contributed by atoms with van der Waals surface area (Å²) < 4.78 is 17.7. The van der Waals surface area contributed by atoms with Crippen LogP contribution in [0, 0.1) is 5.82 Å². The van der Waals surface area contributed by atoms with E-state index in [9.17, 15) is 9.18 Å². The maximum atomic E-state index is 14.2. The van der Waals surface area contributed by atoms with Crippen molar-refractivity contribution in [2.45, 2.75) is 38.1 Å². The number of benzene rings is 1. The van der Waals surface area contributed by atoms with Gasteiger partial charge in [-0.2, -0.15) is 0 Å². The van der Waals surface area contributed by atoms with Crippen LogP contribution in [-0.4, -0.2) is 40.4 Å². The van der Waals surface area contributed by atoms with Crippen molar-refractivity contribution in [1.29, 1.82) is 0 Å². The first-order valence-electron chi connectivity index (χ1n) is 10.6. The molecule has 0 aliphatic heterocycles. The van der Waals surface area contributed by atoms with E-state index in [-0.39, 0.29) is 18.1 Å². The smallest absolute Gasteiger partial charge is 0.272 e. The highest BCUT2D eigenvalue weighted by Crippen LogP contribution is 2.34. The quantitative estimate of drug-likeness (QED) is 0.518. The van der Waals surface area contributed by atoms with Gasteiger partial charge in [0.05, 0.1) is 6.20 Å². The molecule has 10 heteroatoms. The van der Waals surface area contributed by atoms with Gasteiger partial charge in [0.1, 0.15) is 29.2 Å². The number of aryl methyl sites for hydroxylation is 2. The molecule has 3 heterocycles. The normalized spacial score (nSPS) is 14.3. The molecular formula is C22H23FN8O. The molecule has 0 saturated heterocycles. The third kappa shape index (κ3) is 3.72. The van der Waals surface area contributed by atoms with E-state index in [0.29, 0.717) is 33.9 Å². The third-order valence-electron chi connectivity index (χ3n) is 5.95. The maximum Gasteiger partial charge on any atom is 0.272 e. The monoisotopic (exact) mass is 434 g/mol. The molecular weight excluding hydrogens is 411 g/mol. The highest BCUT2D eigenvalue weighted by atomic mass is 19.1. The zero-order valence-electron chi connectivity index (χ0n) is 17.9. The summed E-state index contributed by atoms with van der Waals surface area (Å²) in [5.41, 5.74) is 3.17. The largest absolute Gasteiger partial charge is 0.347 e. The average molecular weight is 434 g/mol. The van der Waals surface area contributed by atoms with E-state index in [1.54, 1.807) is 24.0 Å². The topological polar surface area (TPSA) is 103 Å². The number of hydrogen-bond acceptors (Lipinski definition) is 6. The number of amides is 1. The van der Waals surface area contributed by atoms with E-state index < -0.39 is 5.82 Å². The molecule has 5 rings (SSSR count). The Morgan fingerprint density at radius 2 is 2.00 bits per heavy atom. The number of imidazole rings is 1. The van der Waals surface area contributed by atoms with Crippen LogP contribution in [0.3, 0.4) is 0 Å². The first kappa shape index (κ1) is 20.2. The van der Waals surface area contributed by atoms with Crippen molar-refractivity contribution >= 4 is 17.1 Å². The summed E-state index contributed by atoms with van der Waals surface area (Å²) in [5.74, 6) is 0.570. The van der Waals surface area contributed by atoms with Crippen molar-refractivity contribution in [1.82, 2.24) is 39.8 Å². The Morgan fingerprint density at radius 3 is 2.75 bits per heavy atom. The lowest BCUT2D eigenvalue weighted by Gasteiger charge is -2.10. The van der Waals surface area contributed by atoms with E-state index in [1.807, 2.05) is 11.6 Å². The van der Waals surface area contributed by atoms with Crippen molar-refractivity contribution in [3.05, 3.63) is 53.6 Å². The first-order valence-corrected chi connectivity index (χ1v) is 10.6. The number of aromatic nitrogens is 7. The summed E-state index contributed by atoms with van der Waals surface area (Å²) in [6.07, 6.45) is 7.64. The molecule has 3 aromatic heterocycles. The molecule has 4 aromatic rings. The molecule has 0 bridgehead atoms. The van der Waals surface area contributed by atoms with Gasteiger partial charge in [-0.1, -0.05) is 18.1 Å². The molecule has 0 spiro atoms. The van der Waals surface area contributed by atoms with Crippen LogP contribution in [0.2, 0.25) is 0 Å². The number of nitrogens with zero attached hydrogens (tertiary/aromatic N) is 7. The number of carbonyl (C=O) groups is 1. The number of rotatable bonds is 5. The second-order valence-corrected chi connectivity index (χ2v) is 8.21. The summed E-state index contributed by atoms with van der Waals surface area (Å²) in [6, 6.07) is 4.56. The van der Waals surface area contributed by atoms with Crippen molar-refractivity contribution in [3.8, 4) is 11.3 Å². The van der Waals surface area contributed by atoms with E-state index >= 15 is 0 Å². The van der Waals surface area contributed by atoms with Gasteiger partial charge < -0.3 is 9.88 Å². The fourth-order valence-corrected chi connectivity index (χ4v) is 4.42. The van der Waals surface area contributed by atoms with Crippen LogP contribution in [0.15, 0.2) is 30.7 Å². The Kier molecular flexibility index (Phi) is 5.12. The highest BCUT2D eigenvalue weighted by molar-refractivity contribution is 6.02. The zero-order chi connectivity index (χ0) is 22.2. The highest BCUT2D eigenvalue weighted by Gasteiger charge is 2.25. The standard InChI is InChI=1S/C22H23FN8O/c1-30-11-17(28-29-30)15-7-13(8-16(23)9-15)10-24-22(32)18-19-20(26-12-25-18)27-21(31(19)2)14-5-3-4-6-14/h7-9,11-12,14H,3-6,10H2,1-2H3,(H,24,32). The Hall–Kier alpha value is -3.69. The summed E-state index contributed by atoms with van der Waals surface area (Å²) in [6.45, 7) is 0.142. The van der Waals surface area contributed by atoms with Crippen LogP contribution in [0.4, 0.5) is 4.39 Å². The number of hydrogen-bond donors (Lipinski definition) is 1. The van der Waals surface area contributed by atoms with Crippen molar-refractivity contribution in [3.63, 3.8) is 0 Å². The molecule has 32 heavy (non-hydrogen) atoms. The van der Waals surface area contributed by atoms with Gasteiger partial charge in [-0.05, 0) is 36.6 Å². The summed E-state index contributed by atoms with van der Waals surface area (Å²) in [5, 5.41) is 10.8. The van der Waals surface area contributed by atoms with Gasteiger partial charge in [-0.15, -0.1) is 5.10 Å². The van der Waals surface area contributed by atoms with Gasteiger partial charge >= 0.3 is 0 Å². The van der Waals surface area contributed by atoms with Gasteiger partial charge in [0.15, 0.2) is 11.3 Å². The van der Waals surface area contributed by atoms with Gasteiger partial charge in [-0.25, -0.2) is 19.3 Å². The molecule has 1 aromatic carbocycles. The molecule has 1 N–H and O–H groups in total. The minimum atomic E-state index is -0.408. The number of carbonyl (C=O) groups excluding carboxylic acids is 1. The van der Waals surface area contributed by atoms with Gasteiger partial charge in [0.25, 0.3) is 5.91 Å². The second kappa shape index (κ2) is 8.10. The third-order valence-corrected chi connectivity index (χ3v) is 5.95. The summed E-state index contributed by atoms with van der Waals surface area (Å²) in [4.78, 5) is 26.2. The fourth-order valence-electron chi connectivity index (χ4n) is 4.42. The van der Waals surface area contributed by atoms with Gasteiger partial charge in [-0.3, -0.25) is 9.48 Å². The van der Waals surface area contributed by atoms with Crippen molar-refractivity contribution in [2.24, 2.45) is 14.1 Å². The van der Waals surface area contributed by atoms with Crippen LogP contribution in [0.1, 0.15) is 53.5 Å². The van der Waals surface area contributed by atoms with Gasteiger partial charge in [0.2, 0.25) is 0 Å². The molecule has 9 nitrogen and oxygen atoms in total. The van der Waals surface area contributed by atoms with Crippen LogP contribution in [0.25, 0.3) is 22.4 Å². The van der Waals surface area contributed by atoms with E-state index in [4.69, 9.17) is 0 Å². The van der Waals surface area contributed by atoms with Crippen LogP contribution in [-0.2, 0) is 20.6 Å². The molecule has 1 fully saturated rings. The van der Waals surface area contributed by atoms with E-state index in [0.717, 1.165) is 18.7 Å². The predicted molar refractivity (Wildman–Crippen MR) is 115 cm³/mol. The molecule has 1 saturated carbocycles. The zero-order valence-corrected chi connectivity index (χ0v) is 17.9. The average Bonchev–Trinajstić information content (AvgIpc) is 3.52. The lowest BCUT2D eigenvalue weighted by molar-refractivity contribution is 0.0947. The van der Waals surface area contributed by atoms with Crippen LogP contribution < -0.4 is 5.32 Å². The lowest BCUT2D eigenvalue weighted by atomic mass is 10.1.